The predicted octanol–water partition coefficient (Wildman–Crippen LogP) is 6.83. The van der Waals surface area contributed by atoms with Crippen molar-refractivity contribution in [2.45, 2.75) is 77.6 Å². The molecular formula is C33H45NO5Si. The third-order valence-electron chi connectivity index (χ3n) is 7.65. The molecule has 3 aromatic carbocycles. The van der Waals surface area contributed by atoms with Crippen molar-refractivity contribution < 1.29 is 23.8 Å². The molecule has 0 bridgehead atoms. The van der Waals surface area contributed by atoms with Gasteiger partial charge in [-0.25, -0.2) is 4.79 Å². The number of ether oxygens (including phenoxy) is 2. The lowest BCUT2D eigenvalue weighted by molar-refractivity contribution is 0.0600. The molecule has 0 heterocycles. The summed E-state index contributed by atoms with van der Waals surface area (Å²) in [5.41, 5.74) is 4.44. The number of carbonyl (C=O) groups is 1. The number of benzene rings is 3. The summed E-state index contributed by atoms with van der Waals surface area (Å²) in [7, 11) is -0.712. The molecule has 3 rings (SSSR count). The quantitative estimate of drug-likeness (QED) is 0.175. The number of hydrogen-bond donors (Lipinski definition) is 2. The van der Waals surface area contributed by atoms with Crippen molar-refractivity contribution in [3.8, 4) is 5.75 Å². The number of carbonyl (C=O) groups excluding carboxylic acids is 1. The Morgan fingerprint density at radius 2 is 1.68 bits per heavy atom. The van der Waals surface area contributed by atoms with Gasteiger partial charge in [-0.05, 0) is 72.4 Å². The number of aliphatic hydroxyl groups is 1. The van der Waals surface area contributed by atoms with E-state index in [1.54, 1.807) is 6.07 Å². The maximum atomic E-state index is 11.9. The van der Waals surface area contributed by atoms with Crippen LogP contribution in [0.5, 0.6) is 5.75 Å². The Bertz CT molecular complexity index is 1240. The number of nitrogens with one attached hydrogen (secondary N) is 1. The highest BCUT2D eigenvalue weighted by Gasteiger charge is 2.39. The van der Waals surface area contributed by atoms with Crippen molar-refractivity contribution in [1.29, 1.82) is 0 Å². The van der Waals surface area contributed by atoms with E-state index in [0.29, 0.717) is 24.5 Å². The molecule has 7 heteroatoms. The normalized spacial score (nSPS) is 13.5. The van der Waals surface area contributed by atoms with Gasteiger partial charge in [0.25, 0.3) is 0 Å². The molecule has 3 aromatic rings. The molecule has 2 atom stereocenters. The van der Waals surface area contributed by atoms with Crippen LogP contribution in [0.2, 0.25) is 18.1 Å². The van der Waals surface area contributed by atoms with E-state index in [1.165, 1.54) is 7.11 Å². The zero-order chi connectivity index (χ0) is 29.3. The monoisotopic (exact) mass is 563 g/mol. The smallest absolute Gasteiger partial charge is 0.337 e. The van der Waals surface area contributed by atoms with Gasteiger partial charge in [0.2, 0.25) is 0 Å². The van der Waals surface area contributed by atoms with Crippen molar-refractivity contribution in [1.82, 2.24) is 5.32 Å². The second-order valence-electron chi connectivity index (χ2n) is 11.9. The van der Waals surface area contributed by atoms with E-state index in [4.69, 9.17) is 13.9 Å². The molecule has 0 unspecified atom stereocenters. The van der Waals surface area contributed by atoms with Gasteiger partial charge >= 0.3 is 5.97 Å². The van der Waals surface area contributed by atoms with Crippen LogP contribution in [0.1, 0.15) is 66.4 Å². The second-order valence-corrected chi connectivity index (χ2v) is 16.6. The first-order chi connectivity index (χ1) is 18.9. The Morgan fingerprint density at radius 3 is 2.33 bits per heavy atom. The molecule has 0 aliphatic rings. The molecule has 0 fully saturated rings. The largest absolute Gasteiger partial charge is 0.489 e. The first kappa shape index (κ1) is 31.6. The van der Waals surface area contributed by atoms with Gasteiger partial charge in [-0.3, -0.25) is 0 Å². The third-order valence-corrected chi connectivity index (χ3v) is 12.1. The van der Waals surface area contributed by atoms with E-state index in [2.05, 4.69) is 46.1 Å². The molecule has 0 aromatic heterocycles. The van der Waals surface area contributed by atoms with Crippen LogP contribution in [0, 0.1) is 0 Å². The number of rotatable bonds is 13. The fraction of sp³-hybridized carbons (Fsp3) is 0.424. The van der Waals surface area contributed by atoms with Crippen LogP contribution >= 0.6 is 0 Å². The molecule has 0 saturated carbocycles. The van der Waals surface area contributed by atoms with Gasteiger partial charge in [-0.15, -0.1) is 0 Å². The summed E-state index contributed by atoms with van der Waals surface area (Å²) in [6.45, 7) is 14.3. The van der Waals surface area contributed by atoms with Crippen LogP contribution in [0.25, 0.3) is 0 Å². The zero-order valence-electron chi connectivity index (χ0n) is 25.0. The highest BCUT2D eigenvalue weighted by atomic mass is 28.4. The molecule has 0 amide bonds. The number of esters is 1. The van der Waals surface area contributed by atoms with Crippen LogP contribution < -0.4 is 10.1 Å². The average Bonchev–Trinajstić information content (AvgIpc) is 2.93. The van der Waals surface area contributed by atoms with Crippen molar-refractivity contribution in [3.63, 3.8) is 0 Å². The molecule has 0 aliphatic heterocycles. The zero-order valence-corrected chi connectivity index (χ0v) is 26.0. The standard InChI is InChI=1S/C33H45NO5Si/c1-24(18-26-14-11-15-28(19-26)32(36)37-5)34-21-31(39-40(6,7)33(2,3)4)27-16-17-30(29(20-27)22-35)38-23-25-12-9-8-10-13-25/h8-17,19-20,24,31,34-35H,18,21-23H2,1-7H3/t24-,31+/m1/s1. The van der Waals surface area contributed by atoms with Gasteiger partial charge < -0.3 is 24.3 Å². The minimum Gasteiger partial charge on any atom is -0.489 e. The summed E-state index contributed by atoms with van der Waals surface area (Å²) in [6.07, 6.45) is 0.560. The maximum Gasteiger partial charge on any atom is 0.337 e. The summed E-state index contributed by atoms with van der Waals surface area (Å²) in [4.78, 5) is 11.9. The Labute approximate surface area is 240 Å². The van der Waals surface area contributed by atoms with E-state index in [9.17, 15) is 9.90 Å². The van der Waals surface area contributed by atoms with Crippen LogP contribution in [0.4, 0.5) is 0 Å². The Morgan fingerprint density at radius 1 is 0.975 bits per heavy atom. The fourth-order valence-electron chi connectivity index (χ4n) is 4.24. The predicted molar refractivity (Wildman–Crippen MR) is 163 cm³/mol. The molecule has 40 heavy (non-hydrogen) atoms. The van der Waals surface area contributed by atoms with Crippen LogP contribution in [-0.4, -0.2) is 39.1 Å². The molecule has 0 spiro atoms. The molecule has 2 N–H and O–H groups in total. The average molecular weight is 564 g/mol. The summed E-state index contributed by atoms with van der Waals surface area (Å²) in [6, 6.07) is 23.7. The first-order valence-corrected chi connectivity index (χ1v) is 16.8. The second kappa shape index (κ2) is 14.1. The molecular weight excluding hydrogens is 518 g/mol. The van der Waals surface area contributed by atoms with Crippen molar-refractivity contribution in [2.75, 3.05) is 13.7 Å². The summed E-state index contributed by atoms with van der Waals surface area (Å²) in [5.74, 6) is 0.342. The summed E-state index contributed by atoms with van der Waals surface area (Å²) < 4.78 is 17.8. The summed E-state index contributed by atoms with van der Waals surface area (Å²) in [5, 5.41) is 13.9. The van der Waals surface area contributed by atoms with Crippen molar-refractivity contribution >= 4 is 14.3 Å². The van der Waals surface area contributed by atoms with Crippen LogP contribution in [0.15, 0.2) is 72.8 Å². The highest BCUT2D eigenvalue weighted by Crippen LogP contribution is 2.40. The topological polar surface area (TPSA) is 77.0 Å². The maximum absolute atomic E-state index is 11.9. The van der Waals surface area contributed by atoms with Gasteiger partial charge in [-0.2, -0.15) is 0 Å². The van der Waals surface area contributed by atoms with Gasteiger partial charge in [0.05, 0.1) is 25.4 Å². The molecule has 216 valence electrons. The van der Waals surface area contributed by atoms with Gasteiger partial charge in [0.1, 0.15) is 12.4 Å². The van der Waals surface area contributed by atoms with E-state index in [1.807, 2.05) is 66.7 Å². The van der Waals surface area contributed by atoms with Crippen molar-refractivity contribution in [2.24, 2.45) is 0 Å². The number of methoxy groups -OCH3 is 1. The van der Waals surface area contributed by atoms with Gasteiger partial charge in [0, 0.05) is 18.2 Å². The number of aliphatic hydroxyl groups excluding tert-OH is 1. The summed E-state index contributed by atoms with van der Waals surface area (Å²) >= 11 is 0. The minimum atomic E-state index is -2.11. The minimum absolute atomic E-state index is 0.0454. The number of hydrogen-bond acceptors (Lipinski definition) is 6. The van der Waals surface area contributed by atoms with E-state index in [0.717, 1.165) is 28.7 Å². The third kappa shape index (κ3) is 8.76. The van der Waals surface area contributed by atoms with Crippen LogP contribution in [-0.2, 0) is 28.8 Å². The Hall–Kier alpha value is -2.97. The lowest BCUT2D eigenvalue weighted by Crippen LogP contribution is -2.44. The SMILES string of the molecule is COC(=O)c1cccc(C[C@@H](C)NC[C@H](O[Si](C)(C)C(C)(C)C)c2ccc(OCc3ccccc3)c(CO)c2)c1. The Balaban J connectivity index is 1.78. The molecule has 0 saturated heterocycles. The Kier molecular flexibility index (Phi) is 11.1. The van der Waals surface area contributed by atoms with E-state index < -0.39 is 8.32 Å². The lowest BCUT2D eigenvalue weighted by atomic mass is 10.0. The van der Waals surface area contributed by atoms with Crippen LogP contribution in [0.3, 0.4) is 0 Å². The van der Waals surface area contributed by atoms with Gasteiger partial charge in [0.15, 0.2) is 8.32 Å². The van der Waals surface area contributed by atoms with Gasteiger partial charge in [-0.1, -0.05) is 69.3 Å². The first-order valence-electron chi connectivity index (χ1n) is 13.9. The highest BCUT2D eigenvalue weighted by molar-refractivity contribution is 6.74. The molecule has 0 radical (unpaired) electrons. The molecule has 0 aliphatic carbocycles. The van der Waals surface area contributed by atoms with Crippen molar-refractivity contribution in [3.05, 3.63) is 101 Å². The van der Waals surface area contributed by atoms with E-state index >= 15 is 0 Å². The lowest BCUT2D eigenvalue weighted by Gasteiger charge is -2.40. The fourth-order valence-corrected chi connectivity index (χ4v) is 5.52. The van der Waals surface area contributed by atoms with E-state index in [-0.39, 0.29) is 29.8 Å². The molecule has 6 nitrogen and oxygen atoms in total.